The Kier molecular flexibility index (Phi) is 4.10. The lowest BCUT2D eigenvalue weighted by molar-refractivity contribution is 0.0996. The molecule has 0 atom stereocenters. The van der Waals surface area contributed by atoms with Gasteiger partial charge in [0, 0.05) is 18.1 Å². The van der Waals surface area contributed by atoms with E-state index in [1.165, 1.54) is 12.3 Å². The molecule has 0 radical (unpaired) electrons. The normalized spacial score (nSPS) is 11.1. The van der Waals surface area contributed by atoms with Gasteiger partial charge in [-0.1, -0.05) is 11.6 Å². The first-order valence-electron chi connectivity index (χ1n) is 5.53. The minimum Gasteiger partial charge on any atom is -0.366 e. The van der Waals surface area contributed by atoms with E-state index in [9.17, 15) is 17.6 Å². The molecule has 1 heterocycles. The van der Waals surface area contributed by atoms with Gasteiger partial charge in [-0.25, -0.2) is 12.8 Å². The molecule has 9 heteroatoms. The van der Waals surface area contributed by atoms with E-state index < -0.39 is 27.3 Å². The Morgan fingerprint density at radius 3 is 2.67 bits per heavy atom. The zero-order chi connectivity index (χ0) is 15.6. The molecule has 1 aromatic heterocycles. The number of hydrogen-bond donors (Lipinski definition) is 2. The molecule has 0 aliphatic carbocycles. The van der Waals surface area contributed by atoms with Crippen LogP contribution in [0, 0.1) is 5.82 Å². The predicted octanol–water partition coefficient (Wildman–Crippen LogP) is 1.77. The first-order chi connectivity index (χ1) is 9.81. The number of primary amides is 1. The molecule has 0 aliphatic rings. The molecule has 2 rings (SSSR count). The average Bonchev–Trinajstić information content (AvgIpc) is 2.40. The highest BCUT2D eigenvalue weighted by Gasteiger charge is 2.19. The van der Waals surface area contributed by atoms with Crippen molar-refractivity contribution >= 4 is 33.2 Å². The maximum atomic E-state index is 13.3. The van der Waals surface area contributed by atoms with Gasteiger partial charge in [-0.3, -0.25) is 14.5 Å². The number of benzene rings is 1. The summed E-state index contributed by atoms with van der Waals surface area (Å²) < 4.78 is 39.8. The van der Waals surface area contributed by atoms with Gasteiger partial charge in [0.15, 0.2) is 0 Å². The third-order valence-corrected chi connectivity index (χ3v) is 4.36. The van der Waals surface area contributed by atoms with Crippen LogP contribution < -0.4 is 10.5 Å². The highest BCUT2D eigenvalue weighted by Crippen LogP contribution is 2.23. The van der Waals surface area contributed by atoms with Crippen molar-refractivity contribution in [2.75, 3.05) is 4.72 Å². The van der Waals surface area contributed by atoms with Crippen molar-refractivity contribution in [3.05, 3.63) is 53.1 Å². The summed E-state index contributed by atoms with van der Waals surface area (Å²) in [6, 6.07) is 4.40. The lowest BCUT2D eigenvalue weighted by atomic mass is 10.2. The highest BCUT2D eigenvalue weighted by atomic mass is 35.5. The number of nitrogens with zero attached hydrogens (tertiary/aromatic N) is 1. The molecule has 110 valence electrons. The fourth-order valence-electron chi connectivity index (χ4n) is 1.55. The quantitative estimate of drug-likeness (QED) is 0.892. The monoisotopic (exact) mass is 329 g/mol. The third kappa shape index (κ3) is 3.29. The summed E-state index contributed by atoms with van der Waals surface area (Å²) in [4.78, 5) is 14.5. The zero-order valence-electron chi connectivity index (χ0n) is 10.4. The van der Waals surface area contributed by atoms with Crippen LogP contribution in [0.3, 0.4) is 0 Å². The van der Waals surface area contributed by atoms with Gasteiger partial charge < -0.3 is 5.73 Å². The van der Waals surface area contributed by atoms with Gasteiger partial charge in [-0.05, 0) is 24.3 Å². The van der Waals surface area contributed by atoms with E-state index in [0.29, 0.717) is 0 Å². The molecule has 0 fully saturated rings. The number of carbonyl (C=O) groups excluding carboxylic acids is 1. The van der Waals surface area contributed by atoms with Crippen molar-refractivity contribution in [2.24, 2.45) is 5.73 Å². The smallest absolute Gasteiger partial charge is 0.264 e. The predicted molar refractivity (Wildman–Crippen MR) is 75.0 cm³/mol. The number of pyridine rings is 1. The Morgan fingerprint density at radius 2 is 2.05 bits per heavy atom. The Labute approximate surface area is 124 Å². The number of carbonyl (C=O) groups is 1. The van der Waals surface area contributed by atoms with E-state index in [1.807, 2.05) is 0 Å². The van der Waals surface area contributed by atoms with Crippen LogP contribution in [-0.4, -0.2) is 19.3 Å². The molecular weight excluding hydrogens is 321 g/mol. The van der Waals surface area contributed by atoms with E-state index in [1.54, 1.807) is 0 Å². The van der Waals surface area contributed by atoms with Crippen molar-refractivity contribution in [3.8, 4) is 0 Å². The fraction of sp³-hybridized carbons (Fsp3) is 0. The molecule has 1 amide bonds. The summed E-state index contributed by atoms with van der Waals surface area (Å²) in [5.41, 5.74) is 4.55. The molecule has 3 N–H and O–H groups in total. The molecule has 0 spiro atoms. The maximum absolute atomic E-state index is 13.3. The van der Waals surface area contributed by atoms with Gasteiger partial charge in [0.05, 0.1) is 10.6 Å². The topological polar surface area (TPSA) is 102 Å². The van der Waals surface area contributed by atoms with Gasteiger partial charge in [-0.2, -0.15) is 0 Å². The van der Waals surface area contributed by atoms with Crippen molar-refractivity contribution < 1.29 is 17.6 Å². The zero-order valence-corrected chi connectivity index (χ0v) is 12.0. The van der Waals surface area contributed by atoms with E-state index in [2.05, 4.69) is 9.71 Å². The van der Waals surface area contributed by atoms with Gasteiger partial charge in [0.2, 0.25) is 0 Å². The minimum absolute atomic E-state index is 0.0188. The van der Waals surface area contributed by atoms with Gasteiger partial charge in [-0.15, -0.1) is 0 Å². The van der Waals surface area contributed by atoms with Crippen molar-refractivity contribution in [1.82, 2.24) is 4.98 Å². The summed E-state index contributed by atoms with van der Waals surface area (Å²) in [6.07, 6.45) is 2.41. The van der Waals surface area contributed by atoms with Gasteiger partial charge in [0.1, 0.15) is 10.7 Å². The van der Waals surface area contributed by atoms with Crippen LogP contribution in [0.15, 0.2) is 41.6 Å². The van der Waals surface area contributed by atoms with E-state index in [-0.39, 0.29) is 15.6 Å². The first-order valence-corrected chi connectivity index (χ1v) is 7.39. The molecule has 1 aromatic carbocycles. The van der Waals surface area contributed by atoms with Crippen LogP contribution in [-0.2, 0) is 10.0 Å². The first kappa shape index (κ1) is 15.2. The van der Waals surface area contributed by atoms with Crippen LogP contribution in [0.5, 0.6) is 0 Å². The molecule has 0 bridgehead atoms. The Bertz CT molecular complexity index is 811. The Hall–Kier alpha value is -2.19. The summed E-state index contributed by atoms with van der Waals surface area (Å²) in [5.74, 6) is -1.85. The van der Waals surface area contributed by atoms with Crippen LogP contribution in [0.2, 0.25) is 5.02 Å². The van der Waals surface area contributed by atoms with Crippen molar-refractivity contribution in [1.29, 1.82) is 0 Å². The van der Waals surface area contributed by atoms with Crippen LogP contribution in [0.25, 0.3) is 0 Å². The SMILES string of the molecule is NC(=O)c1cc(NS(=O)(=O)c2cnccc2Cl)ccc1F. The Balaban J connectivity index is 2.40. The number of anilines is 1. The number of sulfonamides is 1. The molecule has 0 saturated heterocycles. The Morgan fingerprint density at radius 1 is 1.33 bits per heavy atom. The highest BCUT2D eigenvalue weighted by molar-refractivity contribution is 7.92. The molecule has 0 saturated carbocycles. The number of aromatic nitrogens is 1. The minimum atomic E-state index is -4.02. The summed E-state index contributed by atoms with van der Waals surface area (Å²) in [5, 5.41) is -0.0188. The molecule has 2 aromatic rings. The van der Waals surface area contributed by atoms with Crippen LogP contribution in [0.1, 0.15) is 10.4 Å². The van der Waals surface area contributed by atoms with Gasteiger partial charge >= 0.3 is 0 Å². The standard InChI is InChI=1S/C12H9ClFN3O3S/c13-9-3-4-16-6-11(9)21(19,20)17-7-1-2-10(14)8(5-7)12(15)18/h1-6,17H,(H2,15,18). The van der Waals surface area contributed by atoms with E-state index in [4.69, 9.17) is 17.3 Å². The molecule has 0 unspecified atom stereocenters. The maximum Gasteiger partial charge on any atom is 0.264 e. The lowest BCUT2D eigenvalue weighted by Gasteiger charge is -2.10. The number of halogens is 2. The second-order valence-corrected chi connectivity index (χ2v) is 6.03. The van der Waals surface area contributed by atoms with Crippen LogP contribution in [0.4, 0.5) is 10.1 Å². The molecule has 0 aliphatic heterocycles. The number of amides is 1. The number of nitrogens with two attached hydrogens (primary N) is 1. The number of rotatable bonds is 4. The second kappa shape index (κ2) is 5.66. The molecule has 21 heavy (non-hydrogen) atoms. The number of hydrogen-bond acceptors (Lipinski definition) is 4. The van der Waals surface area contributed by atoms with Crippen molar-refractivity contribution in [3.63, 3.8) is 0 Å². The summed E-state index contributed by atoms with van der Waals surface area (Å²) in [7, 11) is -4.02. The average molecular weight is 330 g/mol. The second-order valence-electron chi connectivity index (χ2n) is 3.97. The summed E-state index contributed by atoms with van der Waals surface area (Å²) >= 11 is 5.79. The van der Waals surface area contributed by atoms with E-state index >= 15 is 0 Å². The molecular formula is C12H9ClFN3O3S. The van der Waals surface area contributed by atoms with Gasteiger partial charge in [0.25, 0.3) is 15.9 Å². The van der Waals surface area contributed by atoms with Crippen LogP contribution >= 0.6 is 11.6 Å². The fourth-order valence-corrected chi connectivity index (χ4v) is 3.03. The van der Waals surface area contributed by atoms with E-state index in [0.717, 1.165) is 24.4 Å². The summed E-state index contributed by atoms with van der Waals surface area (Å²) in [6.45, 7) is 0. The molecule has 6 nitrogen and oxygen atoms in total. The lowest BCUT2D eigenvalue weighted by Crippen LogP contribution is -2.16. The number of nitrogens with one attached hydrogen (secondary N) is 1. The third-order valence-electron chi connectivity index (χ3n) is 2.51. The van der Waals surface area contributed by atoms with Crippen molar-refractivity contribution in [2.45, 2.75) is 4.90 Å². The largest absolute Gasteiger partial charge is 0.366 e.